The molecule has 0 bridgehead atoms. The summed E-state index contributed by atoms with van der Waals surface area (Å²) in [5, 5.41) is 0. The van der Waals surface area contributed by atoms with E-state index in [1.165, 1.54) is 0 Å². The van der Waals surface area contributed by atoms with E-state index in [-0.39, 0.29) is 0 Å². The van der Waals surface area contributed by atoms with Gasteiger partial charge in [0, 0.05) is 11.1 Å². The van der Waals surface area contributed by atoms with Crippen LogP contribution in [0.4, 0.5) is 0 Å². The van der Waals surface area contributed by atoms with Crippen molar-refractivity contribution in [3.05, 3.63) is 41.5 Å². The van der Waals surface area contributed by atoms with E-state index in [9.17, 15) is 9.59 Å². The lowest BCUT2D eigenvalue weighted by Gasteiger charge is -1.99. The van der Waals surface area contributed by atoms with Gasteiger partial charge in [0.15, 0.2) is 12.6 Å². The molecule has 0 fully saturated rings. The van der Waals surface area contributed by atoms with Gasteiger partial charge in [-0.15, -0.1) is 0 Å². The van der Waals surface area contributed by atoms with Gasteiger partial charge in [-0.25, -0.2) is 0 Å². The molecule has 12 heavy (non-hydrogen) atoms. The largest absolute Gasteiger partial charge is 0.298 e. The first-order valence-corrected chi connectivity index (χ1v) is 3.49. The number of rotatable bonds is 3. The zero-order chi connectivity index (χ0) is 8.97. The minimum Gasteiger partial charge on any atom is -0.298 e. The van der Waals surface area contributed by atoms with Crippen LogP contribution in [0.3, 0.4) is 0 Å². The minimum absolute atomic E-state index is 0.405. The second-order valence-electron chi connectivity index (χ2n) is 2.29. The third-order valence-corrected chi connectivity index (χ3v) is 1.64. The Balaban J connectivity index is 3.40. The molecule has 0 aliphatic rings. The molecule has 0 radical (unpaired) electrons. The minimum atomic E-state index is 0.405. The van der Waals surface area contributed by atoms with Crippen molar-refractivity contribution in [1.82, 2.24) is 0 Å². The molecule has 60 valence electrons. The molecular weight excluding hydrogens is 152 g/mol. The van der Waals surface area contributed by atoms with Gasteiger partial charge in [-0.05, 0) is 5.56 Å². The van der Waals surface area contributed by atoms with E-state index in [2.05, 4.69) is 6.58 Å². The van der Waals surface area contributed by atoms with E-state index in [0.717, 1.165) is 0 Å². The Labute approximate surface area is 70.5 Å². The lowest BCUT2D eigenvalue weighted by molar-refractivity contribution is 0.109. The second-order valence-corrected chi connectivity index (χ2v) is 2.29. The second kappa shape index (κ2) is 3.62. The Bertz CT molecular complexity index is 300. The van der Waals surface area contributed by atoms with E-state index >= 15 is 0 Å². The molecule has 0 unspecified atom stereocenters. The standard InChI is InChI=1S/C10H8O2/c1-2-8-4-3-5-9(6-11)10(8)7-12/h2-7H,1H2. The Morgan fingerprint density at radius 2 is 1.75 bits per heavy atom. The molecule has 2 heteroatoms. The van der Waals surface area contributed by atoms with Crippen molar-refractivity contribution in [2.75, 3.05) is 0 Å². The van der Waals surface area contributed by atoms with Gasteiger partial charge in [-0.1, -0.05) is 30.9 Å². The molecule has 0 N–H and O–H groups in total. The first kappa shape index (κ1) is 8.40. The molecule has 0 saturated carbocycles. The maximum Gasteiger partial charge on any atom is 0.151 e. The fraction of sp³-hybridized carbons (Fsp3) is 0. The van der Waals surface area contributed by atoms with Crippen molar-refractivity contribution < 1.29 is 9.59 Å². The first-order chi connectivity index (χ1) is 5.83. The Hall–Kier alpha value is -1.70. The average molecular weight is 160 g/mol. The van der Waals surface area contributed by atoms with E-state index in [4.69, 9.17) is 0 Å². The molecule has 0 aliphatic heterocycles. The summed E-state index contributed by atoms with van der Waals surface area (Å²) in [5.41, 5.74) is 1.50. The van der Waals surface area contributed by atoms with Crippen LogP contribution in [0.25, 0.3) is 6.08 Å². The first-order valence-electron chi connectivity index (χ1n) is 3.49. The maximum absolute atomic E-state index is 10.6. The van der Waals surface area contributed by atoms with Crippen molar-refractivity contribution >= 4 is 18.6 Å². The SMILES string of the molecule is C=Cc1cccc(C=O)c1C=O. The number of hydrogen-bond acceptors (Lipinski definition) is 2. The van der Waals surface area contributed by atoms with Crippen LogP contribution in [0, 0.1) is 0 Å². The van der Waals surface area contributed by atoms with Gasteiger partial charge in [0.2, 0.25) is 0 Å². The molecular formula is C10H8O2. The highest BCUT2D eigenvalue weighted by Crippen LogP contribution is 2.11. The fourth-order valence-corrected chi connectivity index (χ4v) is 1.02. The van der Waals surface area contributed by atoms with Gasteiger partial charge in [-0.2, -0.15) is 0 Å². The van der Waals surface area contributed by atoms with Crippen LogP contribution in [0.2, 0.25) is 0 Å². The molecule has 0 saturated heterocycles. The highest BCUT2D eigenvalue weighted by molar-refractivity contribution is 5.93. The van der Waals surface area contributed by atoms with Crippen LogP contribution in [-0.4, -0.2) is 12.6 Å². The fourth-order valence-electron chi connectivity index (χ4n) is 1.02. The Morgan fingerprint density at radius 3 is 2.25 bits per heavy atom. The zero-order valence-corrected chi connectivity index (χ0v) is 6.49. The molecule has 2 nitrogen and oxygen atoms in total. The van der Waals surface area contributed by atoms with Gasteiger partial charge < -0.3 is 0 Å². The predicted octanol–water partition coefficient (Wildman–Crippen LogP) is 1.95. The highest BCUT2D eigenvalue weighted by Gasteiger charge is 2.02. The number of carbonyl (C=O) groups excluding carboxylic acids is 2. The number of carbonyl (C=O) groups is 2. The smallest absolute Gasteiger partial charge is 0.151 e. The summed E-state index contributed by atoms with van der Waals surface area (Å²) in [5.74, 6) is 0. The Morgan fingerprint density at radius 1 is 1.08 bits per heavy atom. The van der Waals surface area contributed by atoms with Gasteiger partial charge >= 0.3 is 0 Å². The lowest BCUT2D eigenvalue weighted by atomic mass is 10.0. The van der Waals surface area contributed by atoms with E-state index < -0.39 is 0 Å². The maximum atomic E-state index is 10.6. The Kier molecular flexibility index (Phi) is 2.53. The van der Waals surface area contributed by atoms with Gasteiger partial charge in [0.05, 0.1) is 0 Å². The summed E-state index contributed by atoms with van der Waals surface area (Å²) in [6.07, 6.45) is 2.88. The number of benzene rings is 1. The third kappa shape index (κ3) is 1.32. The molecule has 1 rings (SSSR count). The quantitative estimate of drug-likeness (QED) is 0.633. The molecule has 1 aromatic rings. The van der Waals surface area contributed by atoms with Crippen molar-refractivity contribution in [2.45, 2.75) is 0 Å². The van der Waals surface area contributed by atoms with E-state index in [1.807, 2.05) is 0 Å². The summed E-state index contributed by atoms with van der Waals surface area (Å²) in [6.45, 7) is 3.54. The molecule has 0 amide bonds. The molecule has 0 spiro atoms. The van der Waals surface area contributed by atoms with Crippen LogP contribution in [-0.2, 0) is 0 Å². The lowest BCUT2D eigenvalue weighted by Crippen LogP contribution is -1.93. The van der Waals surface area contributed by atoms with E-state index in [0.29, 0.717) is 29.3 Å². The monoisotopic (exact) mass is 160 g/mol. The van der Waals surface area contributed by atoms with Crippen molar-refractivity contribution in [1.29, 1.82) is 0 Å². The third-order valence-electron chi connectivity index (χ3n) is 1.64. The van der Waals surface area contributed by atoms with Gasteiger partial charge in [0.1, 0.15) is 0 Å². The summed E-state index contributed by atoms with van der Waals surface area (Å²) >= 11 is 0. The number of aldehydes is 2. The van der Waals surface area contributed by atoms with Crippen molar-refractivity contribution in [2.24, 2.45) is 0 Å². The summed E-state index contributed by atoms with van der Waals surface area (Å²) < 4.78 is 0. The summed E-state index contributed by atoms with van der Waals surface area (Å²) in [4.78, 5) is 21.0. The van der Waals surface area contributed by atoms with Crippen LogP contribution in [0.5, 0.6) is 0 Å². The zero-order valence-electron chi connectivity index (χ0n) is 6.49. The normalized spacial score (nSPS) is 9.00. The average Bonchev–Trinajstić information content (AvgIpc) is 2.16. The number of hydrogen-bond donors (Lipinski definition) is 0. The van der Waals surface area contributed by atoms with E-state index in [1.54, 1.807) is 24.3 Å². The van der Waals surface area contributed by atoms with Crippen molar-refractivity contribution in [3.63, 3.8) is 0 Å². The molecule has 0 aromatic heterocycles. The molecule has 0 atom stereocenters. The van der Waals surface area contributed by atoms with Gasteiger partial charge in [-0.3, -0.25) is 9.59 Å². The highest BCUT2D eigenvalue weighted by atomic mass is 16.1. The van der Waals surface area contributed by atoms with Crippen LogP contribution < -0.4 is 0 Å². The molecule has 0 aliphatic carbocycles. The van der Waals surface area contributed by atoms with Gasteiger partial charge in [0.25, 0.3) is 0 Å². The van der Waals surface area contributed by atoms with Crippen molar-refractivity contribution in [3.8, 4) is 0 Å². The van der Waals surface area contributed by atoms with Crippen LogP contribution >= 0.6 is 0 Å². The molecule has 1 aromatic carbocycles. The predicted molar refractivity (Wildman–Crippen MR) is 47.3 cm³/mol. The molecule has 0 heterocycles. The summed E-state index contributed by atoms with van der Waals surface area (Å²) in [7, 11) is 0. The van der Waals surface area contributed by atoms with Crippen LogP contribution in [0.1, 0.15) is 26.3 Å². The topological polar surface area (TPSA) is 34.1 Å². The van der Waals surface area contributed by atoms with Crippen LogP contribution in [0.15, 0.2) is 24.8 Å². The summed E-state index contributed by atoms with van der Waals surface area (Å²) in [6, 6.07) is 5.06.